The quantitative estimate of drug-likeness (QED) is 0.880. The summed E-state index contributed by atoms with van der Waals surface area (Å²) in [5.74, 6) is 0.170. The fraction of sp³-hybridized carbons (Fsp3) is 0.444. The molecular weight excluding hydrogens is 359 g/mol. The Hall–Kier alpha value is -1.56. The molecule has 5 nitrogen and oxygen atoms in total. The molecule has 0 saturated carbocycles. The molecule has 1 aromatic carbocycles. The van der Waals surface area contributed by atoms with E-state index in [1.165, 1.54) is 11.1 Å². The van der Waals surface area contributed by atoms with Crippen molar-refractivity contribution in [1.82, 2.24) is 20.0 Å². The molecule has 138 valence electrons. The number of nitrogens with one attached hydrogen (secondary N) is 1. The van der Waals surface area contributed by atoms with Crippen LogP contribution < -0.4 is 5.32 Å². The van der Waals surface area contributed by atoms with E-state index < -0.39 is 0 Å². The molecule has 2 aromatic rings. The summed E-state index contributed by atoms with van der Waals surface area (Å²) in [5.41, 5.74) is 3.50. The largest absolute Gasteiger partial charge is 0.333 e. The Kier molecular flexibility index (Phi) is 8.42. The van der Waals surface area contributed by atoms with Crippen molar-refractivity contribution in [2.24, 2.45) is 7.05 Å². The molecule has 1 N–H and O–H groups in total. The topological polar surface area (TPSA) is 50.2 Å². The number of benzene rings is 1. The highest BCUT2D eigenvalue weighted by atomic mass is 35.5. The van der Waals surface area contributed by atoms with Gasteiger partial charge in [0, 0.05) is 32.9 Å². The lowest BCUT2D eigenvalue weighted by atomic mass is 10.00. The van der Waals surface area contributed by atoms with Gasteiger partial charge in [-0.25, -0.2) is 0 Å². The van der Waals surface area contributed by atoms with Gasteiger partial charge in [0.2, 0.25) is 5.91 Å². The molecule has 1 unspecified atom stereocenters. The molecule has 1 aliphatic heterocycles. The van der Waals surface area contributed by atoms with Crippen molar-refractivity contribution in [3.05, 3.63) is 53.3 Å². The van der Waals surface area contributed by atoms with Crippen LogP contribution in [0, 0.1) is 0 Å². The van der Waals surface area contributed by atoms with Crippen molar-refractivity contribution >= 4 is 30.7 Å². The Morgan fingerprint density at radius 2 is 1.96 bits per heavy atom. The minimum absolute atomic E-state index is 0. The number of piperazine rings is 1. The van der Waals surface area contributed by atoms with E-state index in [4.69, 9.17) is 0 Å². The van der Waals surface area contributed by atoms with Gasteiger partial charge in [-0.2, -0.15) is 5.10 Å². The van der Waals surface area contributed by atoms with Gasteiger partial charge in [0.1, 0.15) is 0 Å². The van der Waals surface area contributed by atoms with Crippen LogP contribution in [-0.4, -0.2) is 40.2 Å². The van der Waals surface area contributed by atoms with E-state index in [2.05, 4.69) is 41.6 Å². The number of hydrogen-bond acceptors (Lipinski definition) is 3. The molecule has 0 aliphatic carbocycles. The zero-order chi connectivity index (χ0) is 16.2. The second kappa shape index (κ2) is 9.80. The van der Waals surface area contributed by atoms with Crippen molar-refractivity contribution in [3.8, 4) is 0 Å². The summed E-state index contributed by atoms with van der Waals surface area (Å²) in [6.07, 6.45) is 5.13. The standard InChI is InChI=1S/C18H24N4O.2ClH/c1-3-14-4-6-16(7-5-14)17-12-19-8-9-22(17)18(23)10-15-11-20-21(2)13-15;;/h4-7,11,13,17,19H,3,8-10,12H2,1-2H3;2*1H. The first-order valence-corrected chi connectivity index (χ1v) is 8.24. The van der Waals surface area contributed by atoms with Gasteiger partial charge >= 0.3 is 0 Å². The van der Waals surface area contributed by atoms with Gasteiger partial charge in [0.25, 0.3) is 0 Å². The van der Waals surface area contributed by atoms with Crippen molar-refractivity contribution in [2.75, 3.05) is 19.6 Å². The van der Waals surface area contributed by atoms with Crippen LogP contribution >= 0.6 is 24.8 Å². The molecule has 25 heavy (non-hydrogen) atoms. The molecule has 0 spiro atoms. The van der Waals surface area contributed by atoms with E-state index in [-0.39, 0.29) is 36.8 Å². The van der Waals surface area contributed by atoms with Crippen LogP contribution in [0.25, 0.3) is 0 Å². The first-order chi connectivity index (χ1) is 11.2. The third kappa shape index (κ3) is 5.21. The van der Waals surface area contributed by atoms with E-state index in [1.807, 2.05) is 18.1 Å². The normalized spacial score (nSPS) is 16.7. The minimum Gasteiger partial charge on any atom is -0.333 e. The second-order valence-electron chi connectivity index (χ2n) is 6.10. The first kappa shape index (κ1) is 21.5. The fourth-order valence-corrected chi connectivity index (χ4v) is 3.12. The molecule has 0 bridgehead atoms. The number of amides is 1. The van der Waals surface area contributed by atoms with Crippen LogP contribution in [0.5, 0.6) is 0 Å². The maximum absolute atomic E-state index is 12.7. The van der Waals surface area contributed by atoms with Crippen molar-refractivity contribution in [1.29, 1.82) is 0 Å². The Morgan fingerprint density at radius 3 is 2.56 bits per heavy atom. The third-order valence-electron chi connectivity index (χ3n) is 4.45. The zero-order valence-corrected chi connectivity index (χ0v) is 16.3. The summed E-state index contributed by atoms with van der Waals surface area (Å²) in [6, 6.07) is 8.74. The predicted molar refractivity (Wildman–Crippen MR) is 105 cm³/mol. The number of aromatic nitrogens is 2. The Bertz CT molecular complexity index is 672. The lowest BCUT2D eigenvalue weighted by Crippen LogP contribution is -2.49. The van der Waals surface area contributed by atoms with Crippen LogP contribution in [0.2, 0.25) is 0 Å². The molecule has 0 radical (unpaired) electrons. The average molecular weight is 385 g/mol. The average Bonchev–Trinajstić information content (AvgIpc) is 3.00. The van der Waals surface area contributed by atoms with Gasteiger partial charge in [0.05, 0.1) is 18.7 Å². The molecule has 2 heterocycles. The number of hydrogen-bond donors (Lipinski definition) is 1. The molecule has 1 saturated heterocycles. The third-order valence-corrected chi connectivity index (χ3v) is 4.45. The molecule has 1 fully saturated rings. The van der Waals surface area contributed by atoms with E-state index in [0.29, 0.717) is 6.42 Å². The number of rotatable bonds is 4. The van der Waals surface area contributed by atoms with Crippen molar-refractivity contribution < 1.29 is 4.79 Å². The summed E-state index contributed by atoms with van der Waals surface area (Å²) < 4.78 is 1.74. The Balaban J connectivity index is 0.00000156. The summed E-state index contributed by atoms with van der Waals surface area (Å²) in [7, 11) is 1.87. The number of carbonyl (C=O) groups is 1. The maximum atomic E-state index is 12.7. The summed E-state index contributed by atoms with van der Waals surface area (Å²) in [5, 5.41) is 7.55. The fourth-order valence-electron chi connectivity index (χ4n) is 3.12. The highest BCUT2D eigenvalue weighted by Crippen LogP contribution is 2.23. The second-order valence-corrected chi connectivity index (χ2v) is 6.10. The highest BCUT2D eigenvalue weighted by Gasteiger charge is 2.27. The number of aryl methyl sites for hydroxylation is 2. The zero-order valence-electron chi connectivity index (χ0n) is 14.6. The molecule has 7 heteroatoms. The SMILES string of the molecule is CCc1ccc(C2CNCCN2C(=O)Cc2cnn(C)c2)cc1.Cl.Cl. The van der Waals surface area contributed by atoms with E-state index >= 15 is 0 Å². The van der Waals surface area contributed by atoms with Gasteiger partial charge in [0.15, 0.2) is 0 Å². The predicted octanol–water partition coefficient (Wildman–Crippen LogP) is 2.54. The van der Waals surface area contributed by atoms with E-state index in [1.54, 1.807) is 10.9 Å². The van der Waals surface area contributed by atoms with Crippen molar-refractivity contribution in [2.45, 2.75) is 25.8 Å². The van der Waals surface area contributed by atoms with Gasteiger partial charge in [-0.3, -0.25) is 9.48 Å². The lowest BCUT2D eigenvalue weighted by molar-refractivity contribution is -0.133. The van der Waals surface area contributed by atoms with Gasteiger partial charge < -0.3 is 10.2 Å². The van der Waals surface area contributed by atoms with E-state index in [0.717, 1.165) is 31.6 Å². The van der Waals surface area contributed by atoms with Crippen molar-refractivity contribution in [3.63, 3.8) is 0 Å². The Labute approximate surface area is 161 Å². The number of nitrogens with zero attached hydrogens (tertiary/aromatic N) is 3. The number of halogens is 2. The highest BCUT2D eigenvalue weighted by molar-refractivity contribution is 5.85. The van der Waals surface area contributed by atoms with Crippen LogP contribution in [0.4, 0.5) is 0 Å². The molecule has 1 amide bonds. The summed E-state index contributed by atoms with van der Waals surface area (Å²) >= 11 is 0. The molecule has 1 aromatic heterocycles. The van der Waals surface area contributed by atoms with Crippen LogP contribution in [-0.2, 0) is 24.7 Å². The molecular formula is C18H26Cl2N4O. The lowest BCUT2D eigenvalue weighted by Gasteiger charge is -2.36. The molecule has 1 atom stereocenters. The maximum Gasteiger partial charge on any atom is 0.227 e. The molecule has 3 rings (SSSR count). The van der Waals surface area contributed by atoms with Crippen LogP contribution in [0.3, 0.4) is 0 Å². The Morgan fingerprint density at radius 1 is 1.24 bits per heavy atom. The monoisotopic (exact) mass is 384 g/mol. The summed E-state index contributed by atoms with van der Waals surface area (Å²) in [6.45, 7) is 4.56. The minimum atomic E-state index is 0. The van der Waals surface area contributed by atoms with Gasteiger partial charge in [-0.15, -0.1) is 24.8 Å². The van der Waals surface area contributed by atoms with Crippen LogP contribution in [0.15, 0.2) is 36.7 Å². The smallest absolute Gasteiger partial charge is 0.227 e. The first-order valence-electron chi connectivity index (χ1n) is 8.24. The van der Waals surface area contributed by atoms with Crippen LogP contribution in [0.1, 0.15) is 29.7 Å². The van der Waals surface area contributed by atoms with Gasteiger partial charge in [-0.05, 0) is 23.1 Å². The number of carbonyl (C=O) groups excluding carboxylic acids is 1. The summed E-state index contributed by atoms with van der Waals surface area (Å²) in [4.78, 5) is 14.7. The van der Waals surface area contributed by atoms with Gasteiger partial charge in [-0.1, -0.05) is 31.2 Å². The molecule has 1 aliphatic rings. The van der Waals surface area contributed by atoms with E-state index in [9.17, 15) is 4.79 Å².